The lowest BCUT2D eigenvalue weighted by atomic mass is 10.1. The van der Waals surface area contributed by atoms with Crippen LogP contribution in [0, 0.1) is 6.92 Å². The molecule has 0 fully saturated rings. The van der Waals surface area contributed by atoms with Crippen LogP contribution in [-0.2, 0) is 30.8 Å². The number of fused-ring (bicyclic) bond motifs is 1. The van der Waals surface area contributed by atoms with Gasteiger partial charge < -0.3 is 10.6 Å². The number of carbonyl (C=O) groups is 1. The molecule has 126 valence electrons. The summed E-state index contributed by atoms with van der Waals surface area (Å²) in [5, 5.41) is 6.38. The van der Waals surface area contributed by atoms with E-state index in [4.69, 9.17) is 0 Å². The second-order valence-corrected chi connectivity index (χ2v) is 6.68. The number of amides is 1. The number of aryl methyl sites for hydroxylation is 2. The van der Waals surface area contributed by atoms with E-state index in [1.165, 1.54) is 27.8 Å². The average molecular weight is 322 g/mol. The standard InChI is InChI=1S/C21H26N2O/c1-16-6-8-17(9-7-16)4-2-3-5-21(24)23-13-18-10-11-19-14-22-15-20(19)12-18/h6-12,22H,2-5,13-15H2,1H3,(H,23,24). The zero-order chi connectivity index (χ0) is 16.8. The molecule has 3 heteroatoms. The predicted molar refractivity (Wildman–Crippen MR) is 97.6 cm³/mol. The number of hydrogen-bond acceptors (Lipinski definition) is 2. The van der Waals surface area contributed by atoms with E-state index in [-0.39, 0.29) is 5.91 Å². The fourth-order valence-electron chi connectivity index (χ4n) is 3.12. The lowest BCUT2D eigenvalue weighted by molar-refractivity contribution is -0.121. The predicted octanol–water partition coefficient (Wildman–Crippen LogP) is 3.63. The van der Waals surface area contributed by atoms with Crippen molar-refractivity contribution >= 4 is 5.91 Å². The van der Waals surface area contributed by atoms with E-state index in [9.17, 15) is 4.79 Å². The van der Waals surface area contributed by atoms with Crippen LogP contribution in [0.2, 0.25) is 0 Å². The van der Waals surface area contributed by atoms with E-state index in [2.05, 4.69) is 60.0 Å². The summed E-state index contributed by atoms with van der Waals surface area (Å²) < 4.78 is 0. The highest BCUT2D eigenvalue weighted by molar-refractivity contribution is 5.75. The Morgan fingerprint density at radius 2 is 1.75 bits per heavy atom. The summed E-state index contributed by atoms with van der Waals surface area (Å²) in [5.74, 6) is 0.150. The van der Waals surface area contributed by atoms with Gasteiger partial charge in [0.25, 0.3) is 0 Å². The molecule has 0 radical (unpaired) electrons. The highest BCUT2D eigenvalue weighted by Crippen LogP contribution is 2.17. The lowest BCUT2D eigenvalue weighted by Gasteiger charge is -2.07. The molecule has 3 rings (SSSR count). The molecule has 1 aliphatic rings. The zero-order valence-electron chi connectivity index (χ0n) is 14.4. The van der Waals surface area contributed by atoms with Gasteiger partial charge in [0.1, 0.15) is 0 Å². The molecule has 0 bridgehead atoms. The van der Waals surface area contributed by atoms with E-state index in [0.717, 1.165) is 32.4 Å². The molecule has 0 saturated heterocycles. The number of rotatable bonds is 7. The molecule has 2 N–H and O–H groups in total. The maximum atomic E-state index is 12.0. The molecule has 0 saturated carbocycles. The molecular formula is C21H26N2O. The minimum Gasteiger partial charge on any atom is -0.352 e. The van der Waals surface area contributed by atoms with Crippen LogP contribution in [0.4, 0.5) is 0 Å². The fourth-order valence-corrected chi connectivity index (χ4v) is 3.12. The van der Waals surface area contributed by atoms with Crippen LogP contribution < -0.4 is 10.6 Å². The van der Waals surface area contributed by atoms with Crippen LogP contribution in [0.25, 0.3) is 0 Å². The molecule has 1 aliphatic heterocycles. The van der Waals surface area contributed by atoms with Gasteiger partial charge >= 0.3 is 0 Å². The van der Waals surface area contributed by atoms with Crippen LogP contribution in [-0.4, -0.2) is 5.91 Å². The van der Waals surface area contributed by atoms with E-state index in [0.29, 0.717) is 13.0 Å². The van der Waals surface area contributed by atoms with Gasteiger partial charge in [0.2, 0.25) is 5.91 Å². The van der Waals surface area contributed by atoms with E-state index in [1.807, 2.05) is 0 Å². The van der Waals surface area contributed by atoms with Gasteiger partial charge in [-0.15, -0.1) is 0 Å². The van der Waals surface area contributed by atoms with Crippen molar-refractivity contribution in [1.29, 1.82) is 0 Å². The smallest absolute Gasteiger partial charge is 0.220 e. The van der Waals surface area contributed by atoms with Gasteiger partial charge in [-0.05, 0) is 48.4 Å². The van der Waals surface area contributed by atoms with Crippen LogP contribution in [0.5, 0.6) is 0 Å². The Morgan fingerprint density at radius 1 is 1.00 bits per heavy atom. The quantitative estimate of drug-likeness (QED) is 0.764. The molecule has 2 aromatic rings. The van der Waals surface area contributed by atoms with Crippen LogP contribution >= 0.6 is 0 Å². The maximum absolute atomic E-state index is 12.0. The molecule has 3 nitrogen and oxygen atoms in total. The first-order valence-corrected chi connectivity index (χ1v) is 8.84. The summed E-state index contributed by atoms with van der Waals surface area (Å²) in [5.41, 5.74) is 6.57. The Hall–Kier alpha value is -2.13. The highest BCUT2D eigenvalue weighted by atomic mass is 16.1. The SMILES string of the molecule is Cc1ccc(CCCCC(=O)NCc2ccc3c(c2)CNC3)cc1. The molecule has 2 aromatic carbocycles. The Morgan fingerprint density at radius 3 is 2.58 bits per heavy atom. The molecule has 1 heterocycles. The largest absolute Gasteiger partial charge is 0.352 e. The first-order chi connectivity index (χ1) is 11.7. The number of benzene rings is 2. The number of unbranched alkanes of at least 4 members (excludes halogenated alkanes) is 1. The molecule has 0 aliphatic carbocycles. The Kier molecular flexibility index (Phi) is 5.65. The molecule has 0 atom stereocenters. The second kappa shape index (κ2) is 8.11. The Balaban J connectivity index is 1.34. The normalized spacial score (nSPS) is 12.9. The van der Waals surface area contributed by atoms with Crippen LogP contribution in [0.3, 0.4) is 0 Å². The van der Waals surface area contributed by atoms with Gasteiger partial charge in [0, 0.05) is 26.1 Å². The third-order valence-corrected chi connectivity index (χ3v) is 4.63. The maximum Gasteiger partial charge on any atom is 0.220 e. The summed E-state index contributed by atoms with van der Waals surface area (Å²) in [6.45, 7) is 4.63. The number of carbonyl (C=O) groups excluding carboxylic acids is 1. The van der Waals surface area contributed by atoms with Crippen molar-refractivity contribution < 1.29 is 4.79 Å². The first kappa shape index (κ1) is 16.7. The van der Waals surface area contributed by atoms with Crippen molar-refractivity contribution in [3.8, 4) is 0 Å². The monoisotopic (exact) mass is 322 g/mol. The molecule has 0 spiro atoms. The summed E-state index contributed by atoms with van der Waals surface area (Å²) in [6, 6.07) is 15.1. The van der Waals surface area contributed by atoms with Crippen molar-refractivity contribution in [2.24, 2.45) is 0 Å². The van der Waals surface area contributed by atoms with Gasteiger partial charge in [-0.3, -0.25) is 4.79 Å². The van der Waals surface area contributed by atoms with Crippen LogP contribution in [0.15, 0.2) is 42.5 Å². The topological polar surface area (TPSA) is 41.1 Å². The minimum absolute atomic E-state index is 0.150. The van der Waals surface area contributed by atoms with Crippen molar-refractivity contribution in [3.05, 3.63) is 70.3 Å². The average Bonchev–Trinajstić information content (AvgIpc) is 3.06. The van der Waals surface area contributed by atoms with Crippen molar-refractivity contribution in [1.82, 2.24) is 10.6 Å². The Labute approximate surface area is 144 Å². The fraction of sp³-hybridized carbons (Fsp3) is 0.381. The number of hydrogen-bond donors (Lipinski definition) is 2. The van der Waals surface area contributed by atoms with Crippen molar-refractivity contribution in [2.75, 3.05) is 0 Å². The highest BCUT2D eigenvalue weighted by Gasteiger charge is 2.10. The molecule has 0 aromatic heterocycles. The summed E-state index contributed by atoms with van der Waals surface area (Å²) >= 11 is 0. The van der Waals surface area contributed by atoms with Gasteiger partial charge in [-0.2, -0.15) is 0 Å². The van der Waals surface area contributed by atoms with Crippen LogP contribution in [0.1, 0.15) is 47.1 Å². The summed E-state index contributed by atoms with van der Waals surface area (Å²) in [7, 11) is 0. The lowest BCUT2D eigenvalue weighted by Crippen LogP contribution is -2.22. The Bertz CT molecular complexity index is 691. The van der Waals surface area contributed by atoms with Gasteiger partial charge in [-0.1, -0.05) is 48.0 Å². The van der Waals surface area contributed by atoms with E-state index < -0.39 is 0 Å². The molecular weight excluding hydrogens is 296 g/mol. The third-order valence-electron chi connectivity index (χ3n) is 4.63. The van der Waals surface area contributed by atoms with E-state index in [1.54, 1.807) is 0 Å². The first-order valence-electron chi connectivity index (χ1n) is 8.84. The summed E-state index contributed by atoms with van der Waals surface area (Å²) in [6.07, 6.45) is 3.65. The second-order valence-electron chi connectivity index (χ2n) is 6.68. The van der Waals surface area contributed by atoms with E-state index >= 15 is 0 Å². The van der Waals surface area contributed by atoms with Gasteiger partial charge in [0.15, 0.2) is 0 Å². The third kappa shape index (κ3) is 4.68. The minimum atomic E-state index is 0.150. The zero-order valence-corrected chi connectivity index (χ0v) is 14.4. The van der Waals surface area contributed by atoms with Crippen molar-refractivity contribution in [3.63, 3.8) is 0 Å². The molecule has 0 unspecified atom stereocenters. The summed E-state index contributed by atoms with van der Waals surface area (Å²) in [4.78, 5) is 12.0. The van der Waals surface area contributed by atoms with Gasteiger partial charge in [-0.25, -0.2) is 0 Å². The number of nitrogens with one attached hydrogen (secondary N) is 2. The molecule has 1 amide bonds. The van der Waals surface area contributed by atoms with Gasteiger partial charge in [0.05, 0.1) is 0 Å². The molecule has 24 heavy (non-hydrogen) atoms. The van der Waals surface area contributed by atoms with Crippen molar-refractivity contribution in [2.45, 2.75) is 52.2 Å².